The van der Waals surface area contributed by atoms with Gasteiger partial charge in [0, 0.05) is 6.42 Å². The van der Waals surface area contributed by atoms with E-state index < -0.39 is 0 Å². The molecule has 0 fully saturated rings. The van der Waals surface area contributed by atoms with E-state index in [9.17, 15) is 0 Å². The van der Waals surface area contributed by atoms with Gasteiger partial charge in [-0.2, -0.15) is 0 Å². The highest BCUT2D eigenvalue weighted by Crippen LogP contribution is 2.39. The van der Waals surface area contributed by atoms with Crippen LogP contribution in [0.4, 0.5) is 0 Å². The normalized spacial score (nSPS) is 18.6. The van der Waals surface area contributed by atoms with Crippen LogP contribution in [-0.2, 0) is 11.2 Å². The second-order valence-electron chi connectivity index (χ2n) is 4.74. The molecule has 1 heteroatoms. The van der Waals surface area contributed by atoms with Crippen molar-refractivity contribution in [2.45, 2.75) is 32.5 Å². The van der Waals surface area contributed by atoms with Crippen molar-refractivity contribution < 1.29 is 4.74 Å². The molecule has 0 bridgehead atoms. The second kappa shape index (κ2) is 3.60. The fourth-order valence-corrected chi connectivity index (χ4v) is 2.65. The highest BCUT2D eigenvalue weighted by atomic mass is 16.5. The lowest BCUT2D eigenvalue weighted by Crippen LogP contribution is -2.09. The molecule has 0 aliphatic heterocycles. The van der Waals surface area contributed by atoms with Gasteiger partial charge in [0.05, 0.1) is 12.2 Å². The molecule has 82 valence electrons. The Morgan fingerprint density at radius 3 is 2.62 bits per heavy atom. The van der Waals surface area contributed by atoms with Crippen molar-refractivity contribution in [3.05, 3.63) is 47.5 Å². The van der Waals surface area contributed by atoms with Crippen molar-refractivity contribution in [1.29, 1.82) is 0 Å². The molecular formula is C15H16O. The standard InChI is InChI=1S/C15H16O/c1-10(2)16-14-9-12-7-3-5-11-6-4-8-13(14)15(11)12/h3-8,10,14H,9H2,1-2H3. The van der Waals surface area contributed by atoms with Gasteiger partial charge in [0.25, 0.3) is 0 Å². The van der Waals surface area contributed by atoms with E-state index in [4.69, 9.17) is 4.74 Å². The van der Waals surface area contributed by atoms with E-state index >= 15 is 0 Å². The van der Waals surface area contributed by atoms with Crippen LogP contribution in [0.25, 0.3) is 10.8 Å². The van der Waals surface area contributed by atoms with Gasteiger partial charge in [0.2, 0.25) is 0 Å². The van der Waals surface area contributed by atoms with Gasteiger partial charge in [-0.05, 0) is 35.7 Å². The SMILES string of the molecule is CC(C)OC1Cc2cccc3cccc1c23. The molecule has 3 rings (SSSR count). The Balaban J connectivity index is 2.14. The summed E-state index contributed by atoms with van der Waals surface area (Å²) in [5, 5.41) is 2.75. The third kappa shape index (κ3) is 1.43. The molecule has 0 amide bonds. The maximum Gasteiger partial charge on any atom is 0.0875 e. The Morgan fingerprint density at radius 1 is 1.12 bits per heavy atom. The molecule has 0 saturated carbocycles. The van der Waals surface area contributed by atoms with Crippen LogP contribution in [0, 0.1) is 0 Å². The van der Waals surface area contributed by atoms with Gasteiger partial charge in [-0.1, -0.05) is 36.4 Å². The fourth-order valence-electron chi connectivity index (χ4n) is 2.65. The average Bonchev–Trinajstić information content (AvgIpc) is 2.59. The molecule has 0 radical (unpaired) electrons. The number of hydrogen-bond donors (Lipinski definition) is 0. The molecular weight excluding hydrogens is 196 g/mol. The zero-order valence-corrected chi connectivity index (χ0v) is 9.73. The van der Waals surface area contributed by atoms with Crippen molar-refractivity contribution >= 4 is 10.8 Å². The van der Waals surface area contributed by atoms with Crippen molar-refractivity contribution in [2.24, 2.45) is 0 Å². The molecule has 2 aromatic carbocycles. The molecule has 1 nitrogen and oxygen atoms in total. The second-order valence-corrected chi connectivity index (χ2v) is 4.74. The van der Waals surface area contributed by atoms with E-state index in [0.717, 1.165) is 6.42 Å². The van der Waals surface area contributed by atoms with E-state index in [-0.39, 0.29) is 12.2 Å². The van der Waals surface area contributed by atoms with Crippen molar-refractivity contribution in [2.75, 3.05) is 0 Å². The highest BCUT2D eigenvalue weighted by molar-refractivity contribution is 5.91. The summed E-state index contributed by atoms with van der Waals surface area (Å²) in [5.74, 6) is 0. The lowest BCUT2D eigenvalue weighted by Gasteiger charge is -2.16. The molecule has 0 N–H and O–H groups in total. The smallest absolute Gasteiger partial charge is 0.0875 e. The molecule has 2 aromatic rings. The summed E-state index contributed by atoms with van der Waals surface area (Å²) in [6, 6.07) is 13.0. The fraction of sp³-hybridized carbons (Fsp3) is 0.333. The van der Waals surface area contributed by atoms with Crippen LogP contribution in [0.1, 0.15) is 31.1 Å². The predicted octanol–water partition coefficient (Wildman–Crippen LogP) is 3.86. The van der Waals surface area contributed by atoms with Crippen molar-refractivity contribution in [3.63, 3.8) is 0 Å². The number of ether oxygens (including phenoxy) is 1. The lowest BCUT2D eigenvalue weighted by atomic mass is 10.1. The first kappa shape index (κ1) is 9.86. The Morgan fingerprint density at radius 2 is 1.88 bits per heavy atom. The minimum absolute atomic E-state index is 0.251. The van der Waals surface area contributed by atoms with Crippen LogP contribution in [0.5, 0.6) is 0 Å². The van der Waals surface area contributed by atoms with Crippen LogP contribution < -0.4 is 0 Å². The summed E-state index contributed by atoms with van der Waals surface area (Å²) in [7, 11) is 0. The van der Waals surface area contributed by atoms with Gasteiger partial charge in [0.15, 0.2) is 0 Å². The van der Waals surface area contributed by atoms with Gasteiger partial charge < -0.3 is 4.74 Å². The molecule has 0 heterocycles. The van der Waals surface area contributed by atoms with Gasteiger partial charge in [-0.15, -0.1) is 0 Å². The summed E-state index contributed by atoms with van der Waals surface area (Å²) in [5.41, 5.74) is 2.79. The Bertz CT molecular complexity index is 523. The molecule has 1 atom stereocenters. The predicted molar refractivity (Wildman–Crippen MR) is 66.6 cm³/mol. The minimum Gasteiger partial charge on any atom is -0.371 e. The van der Waals surface area contributed by atoms with Crippen LogP contribution in [-0.4, -0.2) is 6.10 Å². The molecule has 0 aromatic heterocycles. The summed E-state index contributed by atoms with van der Waals surface area (Å²) >= 11 is 0. The first-order valence-electron chi connectivity index (χ1n) is 5.91. The van der Waals surface area contributed by atoms with Crippen molar-refractivity contribution in [3.8, 4) is 0 Å². The summed E-state index contributed by atoms with van der Waals surface area (Å²) in [6.07, 6.45) is 1.56. The maximum absolute atomic E-state index is 5.98. The van der Waals surface area contributed by atoms with E-state index in [1.807, 2.05) is 0 Å². The first-order chi connectivity index (χ1) is 7.75. The maximum atomic E-state index is 5.98. The highest BCUT2D eigenvalue weighted by Gasteiger charge is 2.25. The lowest BCUT2D eigenvalue weighted by molar-refractivity contribution is 0.0105. The van der Waals surface area contributed by atoms with Gasteiger partial charge in [-0.25, -0.2) is 0 Å². The summed E-state index contributed by atoms with van der Waals surface area (Å²) < 4.78 is 5.98. The van der Waals surface area contributed by atoms with Crippen molar-refractivity contribution in [1.82, 2.24) is 0 Å². The molecule has 0 saturated heterocycles. The Hall–Kier alpha value is -1.34. The Kier molecular flexibility index (Phi) is 2.22. The van der Waals surface area contributed by atoms with E-state index in [0.29, 0.717) is 0 Å². The molecule has 1 unspecified atom stereocenters. The van der Waals surface area contributed by atoms with Gasteiger partial charge >= 0.3 is 0 Å². The van der Waals surface area contributed by atoms with E-state index in [1.54, 1.807) is 0 Å². The first-order valence-corrected chi connectivity index (χ1v) is 5.91. The summed E-state index contributed by atoms with van der Waals surface area (Å²) in [6.45, 7) is 4.20. The third-order valence-electron chi connectivity index (χ3n) is 3.21. The number of benzene rings is 2. The van der Waals surface area contributed by atoms with E-state index in [1.165, 1.54) is 21.9 Å². The zero-order chi connectivity index (χ0) is 11.1. The quantitative estimate of drug-likeness (QED) is 0.734. The molecule has 16 heavy (non-hydrogen) atoms. The van der Waals surface area contributed by atoms with Crippen LogP contribution in [0.15, 0.2) is 36.4 Å². The van der Waals surface area contributed by atoms with Gasteiger partial charge in [-0.3, -0.25) is 0 Å². The topological polar surface area (TPSA) is 9.23 Å². The van der Waals surface area contributed by atoms with Gasteiger partial charge in [0.1, 0.15) is 0 Å². The zero-order valence-electron chi connectivity index (χ0n) is 9.73. The van der Waals surface area contributed by atoms with E-state index in [2.05, 4.69) is 50.2 Å². The minimum atomic E-state index is 0.251. The Labute approximate surface area is 96.0 Å². The van der Waals surface area contributed by atoms with Crippen LogP contribution in [0.2, 0.25) is 0 Å². The van der Waals surface area contributed by atoms with Crippen LogP contribution >= 0.6 is 0 Å². The number of rotatable bonds is 2. The third-order valence-corrected chi connectivity index (χ3v) is 3.21. The average molecular weight is 212 g/mol. The monoisotopic (exact) mass is 212 g/mol. The summed E-state index contributed by atoms with van der Waals surface area (Å²) in [4.78, 5) is 0. The molecule has 0 spiro atoms. The number of hydrogen-bond acceptors (Lipinski definition) is 1. The van der Waals surface area contributed by atoms with Crippen LogP contribution in [0.3, 0.4) is 0 Å². The molecule has 1 aliphatic carbocycles. The largest absolute Gasteiger partial charge is 0.371 e. The molecule has 1 aliphatic rings.